The number of hydrogen-bond acceptors (Lipinski definition) is 6. The first kappa shape index (κ1) is 40.6. The fraction of sp³-hybridized carbons (Fsp3) is 0.0667. The lowest BCUT2D eigenvalue weighted by molar-refractivity contribution is 1.24. The Morgan fingerprint density at radius 3 is 1.28 bits per heavy atom. The predicted octanol–water partition coefficient (Wildman–Crippen LogP) is 15.0. The Balaban J connectivity index is 0.000000135. The lowest BCUT2D eigenvalue weighted by atomic mass is 10.0. The second kappa shape index (κ2) is 17.9. The summed E-state index contributed by atoms with van der Waals surface area (Å²) >= 11 is 32.2. The predicted molar refractivity (Wildman–Crippen MR) is 245 cm³/mol. The first-order valence-electron chi connectivity index (χ1n) is 17.5. The molecule has 0 amide bonds. The van der Waals surface area contributed by atoms with E-state index < -0.39 is 0 Å². The average molecular weight is 956 g/mol. The zero-order valence-corrected chi connectivity index (χ0v) is 36.8. The van der Waals surface area contributed by atoms with Crippen LogP contribution in [0.2, 0.25) is 20.2 Å². The van der Waals surface area contributed by atoms with E-state index >= 15 is 0 Å². The van der Waals surface area contributed by atoms with Crippen molar-refractivity contribution in [2.45, 2.75) is 20.8 Å². The van der Waals surface area contributed by atoms with E-state index in [9.17, 15) is 0 Å². The van der Waals surface area contributed by atoms with Crippen LogP contribution in [0.5, 0.6) is 0 Å². The molecule has 9 rings (SSSR count). The number of aromatic nitrogens is 6. The van der Waals surface area contributed by atoms with E-state index in [0.29, 0.717) is 15.2 Å². The molecule has 0 unspecified atom stereocenters. The minimum absolute atomic E-state index is 0.453. The Kier molecular flexibility index (Phi) is 12.8. The molecular formula is C45H30Br2Cl4N6. The molecule has 3 aromatic carbocycles. The quantitative estimate of drug-likeness (QED) is 0.164. The van der Waals surface area contributed by atoms with Crippen LogP contribution in [0.25, 0.3) is 66.7 Å². The fourth-order valence-electron chi connectivity index (χ4n) is 6.16. The number of hydrogen-bond donors (Lipinski definition) is 0. The van der Waals surface area contributed by atoms with Crippen LogP contribution in [-0.4, -0.2) is 29.9 Å². The molecule has 0 aliphatic rings. The van der Waals surface area contributed by atoms with Gasteiger partial charge in [0.2, 0.25) is 0 Å². The Morgan fingerprint density at radius 2 is 0.807 bits per heavy atom. The van der Waals surface area contributed by atoms with E-state index in [1.165, 1.54) is 0 Å². The van der Waals surface area contributed by atoms with Crippen LogP contribution in [0.4, 0.5) is 0 Å². The zero-order chi connectivity index (χ0) is 40.2. The van der Waals surface area contributed by atoms with E-state index in [1.54, 1.807) is 18.6 Å². The molecule has 0 radical (unpaired) electrons. The zero-order valence-electron chi connectivity index (χ0n) is 30.6. The third kappa shape index (κ3) is 8.53. The minimum atomic E-state index is 0.453. The third-order valence-electron chi connectivity index (χ3n) is 9.14. The van der Waals surface area contributed by atoms with Gasteiger partial charge in [-0.2, -0.15) is 0 Å². The van der Waals surface area contributed by atoms with Gasteiger partial charge in [-0.15, -0.1) is 0 Å². The van der Waals surface area contributed by atoms with Crippen molar-refractivity contribution in [2.75, 3.05) is 0 Å². The molecule has 0 aliphatic heterocycles. The van der Waals surface area contributed by atoms with Gasteiger partial charge in [0.15, 0.2) is 0 Å². The van der Waals surface area contributed by atoms with Crippen molar-refractivity contribution in [3.8, 4) is 34.0 Å². The summed E-state index contributed by atoms with van der Waals surface area (Å²) in [6.45, 7) is 5.81. The molecule has 0 atom stereocenters. The number of nitrogens with zero attached hydrogens (tertiary/aromatic N) is 6. The van der Waals surface area contributed by atoms with Crippen molar-refractivity contribution in [2.24, 2.45) is 0 Å². The summed E-state index contributed by atoms with van der Waals surface area (Å²) in [5.41, 5.74) is 10.3. The highest BCUT2D eigenvalue weighted by atomic mass is 79.9. The SMILES string of the molecule is Cc1c(-c2ccccn2)nc2c(-c3ccccn3)cccc2c1Cl.Cc1c(-c2ccccn2)nc2c(Br)cccc2c1Cl.Cc1c(Cl)nc2c(Br)cccc2c1Cl. The van der Waals surface area contributed by atoms with Gasteiger partial charge in [0.05, 0.1) is 60.1 Å². The normalized spacial score (nSPS) is 10.9. The van der Waals surface area contributed by atoms with Crippen LogP contribution in [0.1, 0.15) is 16.7 Å². The molecule has 0 aliphatic carbocycles. The van der Waals surface area contributed by atoms with Gasteiger partial charge in [0.25, 0.3) is 0 Å². The van der Waals surface area contributed by atoms with Crippen molar-refractivity contribution >= 4 is 111 Å². The maximum atomic E-state index is 6.65. The Hall–Kier alpha value is -4.54. The molecule has 9 aromatic rings. The summed E-state index contributed by atoms with van der Waals surface area (Å²) in [4.78, 5) is 27.1. The second-order valence-corrected chi connectivity index (χ2v) is 16.0. The minimum Gasteiger partial charge on any atom is -0.256 e. The van der Waals surface area contributed by atoms with Crippen molar-refractivity contribution in [3.63, 3.8) is 0 Å². The molecule has 0 saturated heterocycles. The van der Waals surface area contributed by atoms with E-state index in [2.05, 4.69) is 51.8 Å². The number of halogens is 6. The van der Waals surface area contributed by atoms with E-state index in [4.69, 9.17) is 56.4 Å². The first-order valence-corrected chi connectivity index (χ1v) is 20.6. The van der Waals surface area contributed by atoms with Crippen LogP contribution in [0.3, 0.4) is 0 Å². The number of para-hydroxylation sites is 3. The molecule has 57 heavy (non-hydrogen) atoms. The summed E-state index contributed by atoms with van der Waals surface area (Å²) in [6, 6.07) is 35.1. The monoisotopic (exact) mass is 952 g/mol. The molecule has 0 spiro atoms. The topological polar surface area (TPSA) is 77.3 Å². The molecule has 0 N–H and O–H groups in total. The van der Waals surface area contributed by atoms with E-state index in [1.807, 2.05) is 130 Å². The summed E-state index contributed by atoms with van der Waals surface area (Å²) in [7, 11) is 0. The van der Waals surface area contributed by atoms with Crippen LogP contribution < -0.4 is 0 Å². The number of pyridine rings is 6. The highest BCUT2D eigenvalue weighted by Gasteiger charge is 2.17. The summed E-state index contributed by atoms with van der Waals surface area (Å²) < 4.78 is 1.84. The summed E-state index contributed by atoms with van der Waals surface area (Å²) in [5, 5.41) is 5.36. The van der Waals surface area contributed by atoms with Crippen LogP contribution in [0, 0.1) is 20.8 Å². The number of fused-ring (bicyclic) bond motifs is 3. The maximum Gasteiger partial charge on any atom is 0.134 e. The van der Waals surface area contributed by atoms with Gasteiger partial charge in [-0.25, -0.2) is 15.0 Å². The molecule has 12 heteroatoms. The molecule has 6 aromatic heterocycles. The molecule has 0 saturated carbocycles. The van der Waals surface area contributed by atoms with Crippen molar-refractivity contribution in [1.29, 1.82) is 0 Å². The average Bonchev–Trinajstić information content (AvgIpc) is 3.24. The molecule has 6 nitrogen and oxygen atoms in total. The van der Waals surface area contributed by atoms with Gasteiger partial charge in [-0.05, 0) is 112 Å². The van der Waals surface area contributed by atoms with Gasteiger partial charge >= 0.3 is 0 Å². The fourth-order valence-corrected chi connectivity index (χ4v) is 8.03. The van der Waals surface area contributed by atoms with Gasteiger partial charge < -0.3 is 0 Å². The molecule has 6 heterocycles. The van der Waals surface area contributed by atoms with Crippen LogP contribution >= 0.6 is 78.3 Å². The molecule has 282 valence electrons. The van der Waals surface area contributed by atoms with E-state index in [0.717, 1.165) is 97.4 Å². The lowest BCUT2D eigenvalue weighted by Gasteiger charge is -2.12. The second-order valence-electron chi connectivity index (χ2n) is 12.8. The summed E-state index contributed by atoms with van der Waals surface area (Å²) in [6.07, 6.45) is 5.30. The van der Waals surface area contributed by atoms with Gasteiger partial charge in [-0.3, -0.25) is 15.0 Å². The van der Waals surface area contributed by atoms with Crippen molar-refractivity contribution < 1.29 is 0 Å². The largest absolute Gasteiger partial charge is 0.256 e. The molecular weight excluding hydrogens is 926 g/mol. The van der Waals surface area contributed by atoms with Crippen LogP contribution in [0.15, 0.2) is 137 Å². The Labute approximate surface area is 366 Å². The van der Waals surface area contributed by atoms with E-state index in [-0.39, 0.29) is 0 Å². The highest BCUT2D eigenvalue weighted by molar-refractivity contribution is 9.11. The van der Waals surface area contributed by atoms with Gasteiger partial charge in [-0.1, -0.05) is 107 Å². The standard InChI is InChI=1S/C20H14ClN3.C15H10BrClN2.C10H6BrCl2N/c1-13-18(21)15-8-6-7-14(16-9-2-4-11-22-16)20(15)24-19(13)17-10-3-5-12-23-17;1-9-13(17)10-5-4-6-11(16)15(10)19-14(9)12-7-2-3-8-18-12;1-5-8(12)6-3-2-4-7(11)9(6)14-10(5)13/h2-12H,1H3;2-8H,1H3;2-4H,1H3. The number of rotatable bonds is 3. The third-order valence-corrected chi connectivity index (χ3v) is 12.2. The van der Waals surface area contributed by atoms with Crippen molar-refractivity contribution in [3.05, 3.63) is 174 Å². The summed E-state index contributed by atoms with van der Waals surface area (Å²) in [5.74, 6) is 0. The Bertz CT molecular complexity index is 2900. The number of benzene rings is 3. The smallest absolute Gasteiger partial charge is 0.134 e. The lowest BCUT2D eigenvalue weighted by Crippen LogP contribution is -1.96. The van der Waals surface area contributed by atoms with Crippen molar-refractivity contribution in [1.82, 2.24) is 29.9 Å². The van der Waals surface area contributed by atoms with Gasteiger partial charge in [0.1, 0.15) is 5.15 Å². The highest BCUT2D eigenvalue weighted by Crippen LogP contribution is 2.37. The van der Waals surface area contributed by atoms with Gasteiger partial charge in [0, 0.05) is 54.8 Å². The maximum absolute atomic E-state index is 6.65. The molecule has 0 bridgehead atoms. The molecule has 0 fully saturated rings. The first-order chi connectivity index (χ1) is 27.5. The van der Waals surface area contributed by atoms with Crippen LogP contribution in [-0.2, 0) is 0 Å². The Morgan fingerprint density at radius 1 is 0.404 bits per heavy atom.